The molecule has 1 atom stereocenters. The first-order valence-corrected chi connectivity index (χ1v) is 6.75. The summed E-state index contributed by atoms with van der Waals surface area (Å²) in [7, 11) is 2.02. The zero-order valence-corrected chi connectivity index (χ0v) is 11.6. The van der Waals surface area contributed by atoms with Crippen LogP contribution in [0.2, 0.25) is 0 Å². The van der Waals surface area contributed by atoms with Gasteiger partial charge in [0.1, 0.15) is 5.82 Å². The molecular formula is C15H22N4. The number of benzene rings is 1. The summed E-state index contributed by atoms with van der Waals surface area (Å²) in [4.78, 5) is 4.34. The van der Waals surface area contributed by atoms with Crippen molar-refractivity contribution in [2.75, 3.05) is 0 Å². The summed E-state index contributed by atoms with van der Waals surface area (Å²) in [5.41, 5.74) is 5.48. The van der Waals surface area contributed by atoms with E-state index in [1.54, 1.807) is 0 Å². The van der Waals surface area contributed by atoms with E-state index in [1.165, 1.54) is 11.1 Å². The minimum atomic E-state index is 0.169. The van der Waals surface area contributed by atoms with Crippen LogP contribution in [0.25, 0.3) is 0 Å². The average Bonchev–Trinajstić information content (AvgIpc) is 2.86. The van der Waals surface area contributed by atoms with Gasteiger partial charge in [-0.2, -0.15) is 0 Å². The van der Waals surface area contributed by atoms with Gasteiger partial charge in [0.25, 0.3) is 0 Å². The average molecular weight is 258 g/mol. The number of nitrogens with two attached hydrogens (primary N) is 1. The van der Waals surface area contributed by atoms with Gasteiger partial charge in [0, 0.05) is 31.9 Å². The molecule has 1 heterocycles. The van der Waals surface area contributed by atoms with Crippen LogP contribution in [0.3, 0.4) is 0 Å². The van der Waals surface area contributed by atoms with Crippen molar-refractivity contribution in [1.29, 1.82) is 0 Å². The molecule has 0 radical (unpaired) electrons. The minimum absolute atomic E-state index is 0.169. The van der Waals surface area contributed by atoms with Crippen LogP contribution in [0.5, 0.6) is 0 Å². The van der Waals surface area contributed by atoms with Crippen molar-refractivity contribution in [2.24, 2.45) is 12.9 Å². The Morgan fingerprint density at radius 3 is 2.58 bits per heavy atom. The van der Waals surface area contributed by atoms with E-state index in [-0.39, 0.29) is 6.04 Å². The molecule has 0 saturated carbocycles. The SMILES string of the molecule is CCc1ccc(C(CCc2nccn2C)NN)cc1. The highest BCUT2D eigenvalue weighted by Crippen LogP contribution is 2.18. The van der Waals surface area contributed by atoms with Crippen molar-refractivity contribution >= 4 is 0 Å². The Hall–Kier alpha value is -1.65. The molecule has 0 fully saturated rings. The largest absolute Gasteiger partial charge is 0.338 e. The van der Waals surface area contributed by atoms with E-state index >= 15 is 0 Å². The second-order valence-electron chi connectivity index (χ2n) is 4.81. The lowest BCUT2D eigenvalue weighted by Crippen LogP contribution is -2.28. The van der Waals surface area contributed by atoms with Crippen LogP contribution in [-0.4, -0.2) is 9.55 Å². The Morgan fingerprint density at radius 1 is 1.32 bits per heavy atom. The molecule has 0 bridgehead atoms. The van der Waals surface area contributed by atoms with Crippen molar-refractivity contribution < 1.29 is 0 Å². The van der Waals surface area contributed by atoms with E-state index in [1.807, 2.05) is 24.0 Å². The lowest BCUT2D eigenvalue weighted by molar-refractivity contribution is 0.506. The highest BCUT2D eigenvalue weighted by Gasteiger charge is 2.11. The minimum Gasteiger partial charge on any atom is -0.338 e. The van der Waals surface area contributed by atoms with E-state index in [9.17, 15) is 0 Å². The summed E-state index contributed by atoms with van der Waals surface area (Å²) >= 11 is 0. The van der Waals surface area contributed by atoms with Gasteiger partial charge in [0.2, 0.25) is 0 Å². The lowest BCUT2D eigenvalue weighted by Gasteiger charge is -2.16. The molecule has 2 aromatic rings. The maximum Gasteiger partial charge on any atom is 0.108 e. The second kappa shape index (κ2) is 6.50. The molecule has 0 aliphatic heterocycles. The molecule has 2 rings (SSSR count). The highest BCUT2D eigenvalue weighted by molar-refractivity contribution is 5.25. The maximum absolute atomic E-state index is 5.68. The van der Waals surface area contributed by atoms with Crippen molar-refractivity contribution in [3.8, 4) is 0 Å². The fourth-order valence-corrected chi connectivity index (χ4v) is 2.24. The Morgan fingerprint density at radius 2 is 2.05 bits per heavy atom. The highest BCUT2D eigenvalue weighted by atomic mass is 15.2. The first kappa shape index (κ1) is 13.8. The van der Waals surface area contributed by atoms with E-state index < -0.39 is 0 Å². The van der Waals surface area contributed by atoms with Gasteiger partial charge in [-0.25, -0.2) is 4.98 Å². The first-order chi connectivity index (χ1) is 9.24. The third-order valence-electron chi connectivity index (χ3n) is 3.57. The fourth-order valence-electron chi connectivity index (χ4n) is 2.24. The van der Waals surface area contributed by atoms with E-state index in [0.717, 1.165) is 25.1 Å². The topological polar surface area (TPSA) is 55.9 Å². The molecule has 3 N–H and O–H groups in total. The van der Waals surface area contributed by atoms with E-state index in [4.69, 9.17) is 5.84 Å². The number of aryl methyl sites for hydroxylation is 3. The van der Waals surface area contributed by atoms with E-state index in [0.29, 0.717) is 0 Å². The van der Waals surface area contributed by atoms with Crippen LogP contribution in [0.4, 0.5) is 0 Å². The second-order valence-corrected chi connectivity index (χ2v) is 4.81. The summed E-state index contributed by atoms with van der Waals surface area (Å²) in [5, 5.41) is 0. The normalized spacial score (nSPS) is 12.6. The molecule has 0 spiro atoms. The lowest BCUT2D eigenvalue weighted by atomic mass is 10.0. The quantitative estimate of drug-likeness (QED) is 0.616. The summed E-state index contributed by atoms with van der Waals surface area (Å²) in [6, 6.07) is 8.81. The molecule has 102 valence electrons. The van der Waals surface area contributed by atoms with Gasteiger partial charge in [0.05, 0.1) is 0 Å². The van der Waals surface area contributed by atoms with Gasteiger partial charge >= 0.3 is 0 Å². The number of hydrazine groups is 1. The number of imidazole rings is 1. The van der Waals surface area contributed by atoms with Crippen molar-refractivity contribution in [3.05, 3.63) is 53.6 Å². The molecular weight excluding hydrogens is 236 g/mol. The summed E-state index contributed by atoms with van der Waals surface area (Å²) in [5.74, 6) is 6.76. The predicted molar refractivity (Wildman–Crippen MR) is 77.4 cm³/mol. The standard InChI is InChI=1S/C15H22N4/c1-3-12-4-6-13(7-5-12)14(18-16)8-9-15-17-10-11-19(15)2/h4-7,10-11,14,18H,3,8-9,16H2,1-2H3. The Kier molecular flexibility index (Phi) is 4.71. The molecule has 1 aromatic heterocycles. The Labute approximate surface area is 114 Å². The molecule has 19 heavy (non-hydrogen) atoms. The van der Waals surface area contributed by atoms with Crippen LogP contribution in [0.1, 0.15) is 36.3 Å². The fraction of sp³-hybridized carbons (Fsp3) is 0.400. The molecule has 4 nitrogen and oxygen atoms in total. The Bertz CT molecular complexity index is 501. The summed E-state index contributed by atoms with van der Waals surface area (Å²) < 4.78 is 2.05. The number of rotatable bonds is 6. The number of nitrogens with one attached hydrogen (secondary N) is 1. The predicted octanol–water partition coefficient (Wildman–Crippen LogP) is 2.12. The molecule has 0 saturated heterocycles. The summed E-state index contributed by atoms with van der Waals surface area (Å²) in [6.07, 6.45) is 6.71. The van der Waals surface area contributed by atoms with Gasteiger partial charge in [-0.05, 0) is 24.0 Å². The Balaban J connectivity index is 2.01. The van der Waals surface area contributed by atoms with Crippen LogP contribution in [-0.2, 0) is 19.9 Å². The van der Waals surface area contributed by atoms with Gasteiger partial charge < -0.3 is 4.57 Å². The molecule has 0 aliphatic rings. The van der Waals surface area contributed by atoms with Crippen LogP contribution in [0, 0.1) is 0 Å². The van der Waals surface area contributed by atoms with Crippen LogP contribution < -0.4 is 11.3 Å². The van der Waals surface area contributed by atoms with E-state index in [2.05, 4.69) is 41.6 Å². The van der Waals surface area contributed by atoms with Crippen molar-refractivity contribution in [2.45, 2.75) is 32.2 Å². The van der Waals surface area contributed by atoms with Gasteiger partial charge in [-0.1, -0.05) is 31.2 Å². The number of aromatic nitrogens is 2. The maximum atomic E-state index is 5.68. The van der Waals surface area contributed by atoms with Crippen LogP contribution >= 0.6 is 0 Å². The van der Waals surface area contributed by atoms with Crippen molar-refractivity contribution in [3.63, 3.8) is 0 Å². The smallest absolute Gasteiger partial charge is 0.108 e. The third kappa shape index (κ3) is 3.43. The summed E-state index contributed by atoms with van der Waals surface area (Å²) in [6.45, 7) is 2.16. The molecule has 0 aliphatic carbocycles. The number of hydrogen-bond donors (Lipinski definition) is 2. The first-order valence-electron chi connectivity index (χ1n) is 6.75. The molecule has 1 aromatic carbocycles. The monoisotopic (exact) mass is 258 g/mol. The van der Waals surface area contributed by atoms with Crippen molar-refractivity contribution in [1.82, 2.24) is 15.0 Å². The zero-order valence-electron chi connectivity index (χ0n) is 11.6. The number of nitrogens with zero attached hydrogens (tertiary/aromatic N) is 2. The number of hydrogen-bond acceptors (Lipinski definition) is 3. The zero-order chi connectivity index (χ0) is 13.7. The van der Waals surface area contributed by atoms with Gasteiger partial charge in [-0.3, -0.25) is 11.3 Å². The molecule has 0 amide bonds. The third-order valence-corrected chi connectivity index (χ3v) is 3.57. The van der Waals surface area contributed by atoms with Gasteiger partial charge in [0.15, 0.2) is 0 Å². The van der Waals surface area contributed by atoms with Gasteiger partial charge in [-0.15, -0.1) is 0 Å². The molecule has 4 heteroatoms. The van der Waals surface area contributed by atoms with Crippen LogP contribution in [0.15, 0.2) is 36.7 Å². The molecule has 1 unspecified atom stereocenters.